The van der Waals surface area contributed by atoms with Crippen molar-refractivity contribution in [3.05, 3.63) is 59.4 Å². The number of pyridine rings is 1. The quantitative estimate of drug-likeness (QED) is 0.894. The zero-order chi connectivity index (χ0) is 13.0. The first-order chi connectivity index (χ1) is 8.70. The Balaban J connectivity index is 2.23. The van der Waals surface area contributed by atoms with E-state index in [1.165, 1.54) is 22.4 Å². The summed E-state index contributed by atoms with van der Waals surface area (Å²) in [5.74, 6) is 0. The maximum Gasteiger partial charge on any atom is 0.0441 e. The molecule has 0 radical (unpaired) electrons. The third kappa shape index (κ3) is 2.87. The second kappa shape index (κ2) is 5.65. The molecule has 0 aliphatic rings. The summed E-state index contributed by atoms with van der Waals surface area (Å²) in [4.78, 5) is 6.35. The lowest BCUT2D eigenvalue weighted by molar-refractivity contribution is 0.896. The lowest BCUT2D eigenvalue weighted by Crippen LogP contribution is -2.19. The summed E-state index contributed by atoms with van der Waals surface area (Å²) in [6.45, 7) is 3.50. The first kappa shape index (κ1) is 12.6. The number of nitrogens with zero attached hydrogens (tertiary/aromatic N) is 2. The summed E-state index contributed by atoms with van der Waals surface area (Å²) >= 11 is 0. The summed E-state index contributed by atoms with van der Waals surface area (Å²) in [5, 5.41) is 0. The highest BCUT2D eigenvalue weighted by atomic mass is 15.1. The number of rotatable bonds is 4. The number of benzene rings is 1. The second-order valence-electron chi connectivity index (χ2n) is 4.55. The molecule has 0 fully saturated rings. The van der Waals surface area contributed by atoms with Crippen LogP contribution in [0.15, 0.2) is 42.7 Å². The first-order valence-corrected chi connectivity index (χ1v) is 6.10. The topological polar surface area (TPSA) is 42.1 Å². The Morgan fingerprint density at radius 3 is 2.78 bits per heavy atom. The minimum absolute atomic E-state index is 0.562. The molecule has 3 heteroatoms. The summed E-state index contributed by atoms with van der Waals surface area (Å²) < 4.78 is 0. The molecule has 0 aliphatic carbocycles. The number of aromatic nitrogens is 1. The highest BCUT2D eigenvalue weighted by molar-refractivity contribution is 5.55. The van der Waals surface area contributed by atoms with Gasteiger partial charge in [0.05, 0.1) is 0 Å². The van der Waals surface area contributed by atoms with Crippen LogP contribution in [0.2, 0.25) is 0 Å². The number of nitrogens with two attached hydrogens (primary N) is 1. The van der Waals surface area contributed by atoms with Crippen LogP contribution in [0.4, 0.5) is 5.69 Å². The molecule has 0 unspecified atom stereocenters. The van der Waals surface area contributed by atoms with Crippen molar-refractivity contribution in [1.82, 2.24) is 4.98 Å². The van der Waals surface area contributed by atoms with Gasteiger partial charge in [-0.2, -0.15) is 0 Å². The number of anilines is 1. The predicted octanol–water partition coefficient (Wildman–Crippen LogP) is 2.49. The molecule has 1 aromatic heterocycles. The van der Waals surface area contributed by atoms with Gasteiger partial charge in [-0.15, -0.1) is 0 Å². The van der Waals surface area contributed by atoms with Crippen LogP contribution in [-0.4, -0.2) is 12.0 Å². The number of hydrogen-bond donors (Lipinski definition) is 1. The molecule has 2 aromatic rings. The van der Waals surface area contributed by atoms with Gasteiger partial charge in [0, 0.05) is 38.2 Å². The van der Waals surface area contributed by atoms with Crippen molar-refractivity contribution in [2.45, 2.75) is 20.0 Å². The van der Waals surface area contributed by atoms with Crippen LogP contribution in [0.25, 0.3) is 0 Å². The van der Waals surface area contributed by atoms with Gasteiger partial charge in [0.25, 0.3) is 0 Å². The summed E-state index contributed by atoms with van der Waals surface area (Å²) in [5.41, 5.74) is 10.6. The molecular weight excluding hydrogens is 222 g/mol. The van der Waals surface area contributed by atoms with E-state index in [4.69, 9.17) is 5.73 Å². The first-order valence-electron chi connectivity index (χ1n) is 6.10. The average molecular weight is 241 g/mol. The van der Waals surface area contributed by atoms with Crippen LogP contribution >= 0.6 is 0 Å². The minimum Gasteiger partial charge on any atom is -0.370 e. The highest BCUT2D eigenvalue weighted by Gasteiger charge is 2.07. The zero-order valence-corrected chi connectivity index (χ0v) is 10.9. The summed E-state index contributed by atoms with van der Waals surface area (Å²) in [6, 6.07) is 10.4. The standard InChI is InChI=1S/C15H19N3/c1-12-5-6-14(9-16)15(8-12)18(2)11-13-4-3-7-17-10-13/h3-8,10H,9,11,16H2,1-2H3. The molecule has 0 spiro atoms. The zero-order valence-electron chi connectivity index (χ0n) is 10.9. The molecule has 94 valence electrons. The van der Waals surface area contributed by atoms with Gasteiger partial charge in [0.1, 0.15) is 0 Å². The normalized spacial score (nSPS) is 10.4. The molecule has 0 bridgehead atoms. The Kier molecular flexibility index (Phi) is 3.95. The van der Waals surface area contributed by atoms with Gasteiger partial charge >= 0.3 is 0 Å². The summed E-state index contributed by atoms with van der Waals surface area (Å²) in [7, 11) is 2.08. The van der Waals surface area contributed by atoms with Gasteiger partial charge in [-0.3, -0.25) is 4.98 Å². The monoisotopic (exact) mass is 241 g/mol. The maximum absolute atomic E-state index is 5.79. The SMILES string of the molecule is Cc1ccc(CN)c(N(C)Cc2cccnc2)c1. The molecule has 0 saturated heterocycles. The Morgan fingerprint density at radius 2 is 2.11 bits per heavy atom. The molecule has 18 heavy (non-hydrogen) atoms. The molecule has 2 rings (SSSR count). The molecule has 0 aliphatic heterocycles. The average Bonchev–Trinajstić information content (AvgIpc) is 2.40. The van der Waals surface area contributed by atoms with Crippen LogP contribution in [0.1, 0.15) is 16.7 Å². The van der Waals surface area contributed by atoms with Crippen LogP contribution < -0.4 is 10.6 Å². The van der Waals surface area contributed by atoms with E-state index in [9.17, 15) is 0 Å². The van der Waals surface area contributed by atoms with Crippen molar-refractivity contribution in [1.29, 1.82) is 0 Å². The van der Waals surface area contributed by atoms with Crippen molar-refractivity contribution >= 4 is 5.69 Å². The lowest BCUT2D eigenvalue weighted by atomic mass is 10.1. The van der Waals surface area contributed by atoms with E-state index in [0.717, 1.165) is 6.54 Å². The molecule has 1 heterocycles. The molecule has 2 N–H and O–H groups in total. The number of hydrogen-bond acceptors (Lipinski definition) is 3. The summed E-state index contributed by atoms with van der Waals surface area (Å²) in [6.07, 6.45) is 3.69. The highest BCUT2D eigenvalue weighted by Crippen LogP contribution is 2.22. The van der Waals surface area contributed by atoms with Crippen molar-refractivity contribution in [2.24, 2.45) is 5.73 Å². The van der Waals surface area contributed by atoms with E-state index in [2.05, 4.69) is 48.1 Å². The van der Waals surface area contributed by atoms with Crippen LogP contribution in [0.3, 0.4) is 0 Å². The van der Waals surface area contributed by atoms with Crippen LogP contribution in [-0.2, 0) is 13.1 Å². The number of aryl methyl sites for hydroxylation is 1. The largest absolute Gasteiger partial charge is 0.370 e. The molecule has 1 aromatic carbocycles. The van der Waals surface area contributed by atoms with E-state index in [1.807, 2.05) is 12.3 Å². The fourth-order valence-electron chi connectivity index (χ4n) is 2.05. The Bertz CT molecular complexity index is 508. The molecule has 3 nitrogen and oxygen atoms in total. The van der Waals surface area contributed by atoms with E-state index < -0.39 is 0 Å². The van der Waals surface area contributed by atoms with E-state index in [-0.39, 0.29) is 0 Å². The molecule has 0 saturated carbocycles. The van der Waals surface area contributed by atoms with E-state index >= 15 is 0 Å². The predicted molar refractivity (Wildman–Crippen MR) is 75.4 cm³/mol. The van der Waals surface area contributed by atoms with Crippen LogP contribution in [0.5, 0.6) is 0 Å². The van der Waals surface area contributed by atoms with Gasteiger partial charge in [-0.05, 0) is 35.7 Å². The fourth-order valence-corrected chi connectivity index (χ4v) is 2.05. The van der Waals surface area contributed by atoms with E-state index in [0.29, 0.717) is 6.54 Å². The Labute approximate surface area is 108 Å². The molecule has 0 atom stereocenters. The van der Waals surface area contributed by atoms with Crippen molar-refractivity contribution in [2.75, 3.05) is 11.9 Å². The van der Waals surface area contributed by atoms with Gasteiger partial charge in [0.15, 0.2) is 0 Å². The molecule has 0 amide bonds. The van der Waals surface area contributed by atoms with Gasteiger partial charge in [0.2, 0.25) is 0 Å². The second-order valence-corrected chi connectivity index (χ2v) is 4.55. The van der Waals surface area contributed by atoms with Gasteiger partial charge < -0.3 is 10.6 Å². The third-order valence-corrected chi connectivity index (χ3v) is 3.01. The Hall–Kier alpha value is -1.87. The van der Waals surface area contributed by atoms with E-state index in [1.54, 1.807) is 6.20 Å². The lowest BCUT2D eigenvalue weighted by Gasteiger charge is -2.22. The Morgan fingerprint density at radius 1 is 1.28 bits per heavy atom. The van der Waals surface area contributed by atoms with Gasteiger partial charge in [-0.1, -0.05) is 18.2 Å². The van der Waals surface area contributed by atoms with Crippen molar-refractivity contribution in [3.8, 4) is 0 Å². The van der Waals surface area contributed by atoms with Crippen molar-refractivity contribution < 1.29 is 0 Å². The maximum atomic E-state index is 5.79. The fraction of sp³-hybridized carbons (Fsp3) is 0.267. The smallest absolute Gasteiger partial charge is 0.0441 e. The molecular formula is C15H19N3. The van der Waals surface area contributed by atoms with Gasteiger partial charge in [-0.25, -0.2) is 0 Å². The van der Waals surface area contributed by atoms with Crippen molar-refractivity contribution in [3.63, 3.8) is 0 Å². The van der Waals surface area contributed by atoms with Crippen LogP contribution in [0, 0.1) is 6.92 Å². The third-order valence-electron chi connectivity index (χ3n) is 3.01. The minimum atomic E-state index is 0.562.